The molecule has 0 radical (unpaired) electrons. The second kappa shape index (κ2) is 7.19. The number of nitrogens with zero attached hydrogens (tertiary/aromatic N) is 4. The second-order valence-electron chi connectivity index (χ2n) is 5.96. The molecule has 1 aliphatic heterocycles. The molecule has 8 heteroatoms. The van der Waals surface area contributed by atoms with E-state index < -0.39 is 6.10 Å². The van der Waals surface area contributed by atoms with Crippen LogP contribution < -0.4 is 5.32 Å². The molecule has 0 aromatic carbocycles. The van der Waals surface area contributed by atoms with Gasteiger partial charge in [0.15, 0.2) is 5.15 Å². The minimum Gasteiger partial charge on any atom is -0.385 e. The van der Waals surface area contributed by atoms with E-state index >= 15 is 0 Å². The van der Waals surface area contributed by atoms with Crippen LogP contribution in [0.4, 0.5) is 10.5 Å². The predicted molar refractivity (Wildman–Crippen MR) is 90.7 cm³/mol. The summed E-state index contributed by atoms with van der Waals surface area (Å²) in [6.45, 7) is 1.12. The Morgan fingerprint density at radius 2 is 2.29 bits per heavy atom. The molecule has 0 aliphatic carbocycles. The van der Waals surface area contributed by atoms with Crippen molar-refractivity contribution in [1.82, 2.24) is 19.4 Å². The Morgan fingerprint density at radius 3 is 3.00 bits per heavy atom. The third kappa shape index (κ3) is 3.52. The van der Waals surface area contributed by atoms with E-state index in [1.165, 1.54) is 0 Å². The van der Waals surface area contributed by atoms with Crippen LogP contribution in [0.5, 0.6) is 0 Å². The monoisotopic (exact) mass is 349 g/mol. The molecule has 2 amide bonds. The van der Waals surface area contributed by atoms with Crippen molar-refractivity contribution in [3.63, 3.8) is 0 Å². The second-order valence-corrected chi connectivity index (χ2v) is 6.32. The minimum absolute atomic E-state index is 0.0463. The summed E-state index contributed by atoms with van der Waals surface area (Å²) in [5.41, 5.74) is 0.482. The number of carbonyl (C=O) groups is 1. The third-order valence-corrected chi connectivity index (χ3v) is 4.62. The first-order valence-corrected chi connectivity index (χ1v) is 8.26. The molecule has 1 aliphatic rings. The van der Waals surface area contributed by atoms with Crippen LogP contribution in [-0.2, 0) is 7.05 Å². The zero-order valence-electron chi connectivity index (χ0n) is 13.4. The number of halogens is 1. The smallest absolute Gasteiger partial charge is 0.321 e. The Morgan fingerprint density at radius 1 is 1.46 bits per heavy atom. The van der Waals surface area contributed by atoms with Gasteiger partial charge in [-0.2, -0.15) is 0 Å². The Bertz CT molecular complexity index is 720. The van der Waals surface area contributed by atoms with Crippen molar-refractivity contribution in [1.29, 1.82) is 0 Å². The fraction of sp³-hybridized carbons (Fsp3) is 0.438. The molecule has 3 heterocycles. The van der Waals surface area contributed by atoms with Gasteiger partial charge in [-0.05, 0) is 25.0 Å². The number of aryl methyl sites for hydroxylation is 1. The number of likely N-dealkylation sites (tertiary alicyclic amines) is 1. The van der Waals surface area contributed by atoms with Gasteiger partial charge < -0.3 is 19.9 Å². The molecule has 0 bridgehead atoms. The van der Waals surface area contributed by atoms with Crippen LogP contribution >= 0.6 is 11.6 Å². The highest BCUT2D eigenvalue weighted by molar-refractivity contribution is 6.32. The maximum absolute atomic E-state index is 12.5. The first kappa shape index (κ1) is 16.7. The average Bonchev–Trinajstić information content (AvgIpc) is 3.02. The SMILES string of the molecule is Cn1ccnc1C(O)C1CCCN(C(=O)Nc2cccnc2Cl)C1. The molecule has 0 spiro atoms. The summed E-state index contributed by atoms with van der Waals surface area (Å²) in [6.07, 6.45) is 6.03. The van der Waals surface area contributed by atoms with Crippen LogP contribution in [0.2, 0.25) is 5.15 Å². The Balaban J connectivity index is 1.66. The van der Waals surface area contributed by atoms with E-state index in [1.807, 2.05) is 7.05 Å². The number of carbonyl (C=O) groups excluding carboxylic acids is 1. The van der Waals surface area contributed by atoms with E-state index in [9.17, 15) is 9.90 Å². The number of nitrogens with one attached hydrogen (secondary N) is 1. The standard InChI is InChI=1S/C16H20ClN5O2/c1-21-9-7-19-15(21)13(23)11-4-3-8-22(10-11)16(24)20-12-5-2-6-18-14(12)17/h2,5-7,9,11,13,23H,3-4,8,10H2,1H3,(H,20,24). The van der Waals surface area contributed by atoms with Gasteiger partial charge in [-0.15, -0.1) is 0 Å². The lowest BCUT2D eigenvalue weighted by Crippen LogP contribution is -2.44. The molecule has 1 fully saturated rings. The number of piperidine rings is 1. The van der Waals surface area contributed by atoms with Crippen LogP contribution in [0.1, 0.15) is 24.8 Å². The maximum Gasteiger partial charge on any atom is 0.321 e. The molecule has 3 rings (SSSR count). The Labute approximate surface area is 145 Å². The van der Waals surface area contributed by atoms with Crippen molar-refractivity contribution in [2.45, 2.75) is 18.9 Å². The number of amides is 2. The molecular formula is C16H20ClN5O2. The fourth-order valence-corrected chi connectivity index (χ4v) is 3.17. The van der Waals surface area contributed by atoms with E-state index in [0.717, 1.165) is 12.8 Å². The van der Waals surface area contributed by atoms with Crippen molar-refractivity contribution in [2.24, 2.45) is 13.0 Å². The summed E-state index contributed by atoms with van der Waals surface area (Å²) in [6, 6.07) is 3.18. The zero-order chi connectivity index (χ0) is 17.1. The normalized spacial score (nSPS) is 19.1. The zero-order valence-corrected chi connectivity index (χ0v) is 14.1. The van der Waals surface area contributed by atoms with E-state index in [1.54, 1.807) is 40.2 Å². The van der Waals surface area contributed by atoms with Crippen LogP contribution in [0.3, 0.4) is 0 Å². The Hall–Kier alpha value is -2.12. The highest BCUT2D eigenvalue weighted by Crippen LogP contribution is 2.29. The molecule has 7 nitrogen and oxygen atoms in total. The molecule has 2 aromatic rings. The highest BCUT2D eigenvalue weighted by Gasteiger charge is 2.31. The predicted octanol–water partition coefficient (Wildman–Crippen LogP) is 2.45. The van der Waals surface area contributed by atoms with Gasteiger partial charge in [0.1, 0.15) is 11.9 Å². The number of anilines is 1. The van der Waals surface area contributed by atoms with E-state index in [4.69, 9.17) is 11.6 Å². The minimum atomic E-state index is -0.692. The number of urea groups is 1. The molecule has 0 saturated carbocycles. The van der Waals surface area contributed by atoms with Crippen molar-refractivity contribution < 1.29 is 9.90 Å². The van der Waals surface area contributed by atoms with E-state index in [2.05, 4.69) is 15.3 Å². The largest absolute Gasteiger partial charge is 0.385 e. The molecule has 24 heavy (non-hydrogen) atoms. The highest BCUT2D eigenvalue weighted by atomic mass is 35.5. The number of aliphatic hydroxyl groups is 1. The molecule has 2 aromatic heterocycles. The van der Waals surface area contributed by atoms with Crippen LogP contribution in [0, 0.1) is 5.92 Å². The summed E-state index contributed by atoms with van der Waals surface area (Å²) >= 11 is 5.98. The number of aromatic nitrogens is 3. The van der Waals surface area contributed by atoms with Crippen molar-refractivity contribution in [3.8, 4) is 0 Å². The number of hydrogen-bond donors (Lipinski definition) is 2. The molecular weight excluding hydrogens is 330 g/mol. The molecule has 1 saturated heterocycles. The quantitative estimate of drug-likeness (QED) is 0.834. The van der Waals surface area contributed by atoms with Crippen LogP contribution in [-0.4, -0.2) is 43.7 Å². The molecule has 2 unspecified atom stereocenters. The van der Waals surface area contributed by atoms with Gasteiger partial charge >= 0.3 is 6.03 Å². The fourth-order valence-electron chi connectivity index (χ4n) is 3.00. The van der Waals surface area contributed by atoms with Gasteiger partial charge in [0.25, 0.3) is 0 Å². The molecule has 2 atom stereocenters. The van der Waals surface area contributed by atoms with Crippen molar-refractivity contribution in [2.75, 3.05) is 18.4 Å². The summed E-state index contributed by atoms with van der Waals surface area (Å²) in [5, 5.41) is 13.6. The summed E-state index contributed by atoms with van der Waals surface area (Å²) < 4.78 is 1.80. The lowest BCUT2D eigenvalue weighted by molar-refractivity contribution is 0.0552. The van der Waals surface area contributed by atoms with Crippen molar-refractivity contribution >= 4 is 23.3 Å². The number of aliphatic hydroxyl groups excluding tert-OH is 1. The summed E-state index contributed by atoms with van der Waals surface area (Å²) in [5.74, 6) is 0.576. The molecule has 128 valence electrons. The van der Waals surface area contributed by atoms with Crippen LogP contribution in [0.15, 0.2) is 30.7 Å². The van der Waals surface area contributed by atoms with Gasteiger partial charge in [0.2, 0.25) is 0 Å². The van der Waals surface area contributed by atoms with E-state index in [0.29, 0.717) is 24.6 Å². The number of rotatable bonds is 3. The Kier molecular flexibility index (Phi) is 5.01. The topological polar surface area (TPSA) is 83.3 Å². The van der Waals surface area contributed by atoms with Gasteiger partial charge in [-0.3, -0.25) is 0 Å². The van der Waals surface area contributed by atoms with Gasteiger partial charge in [-0.1, -0.05) is 11.6 Å². The lowest BCUT2D eigenvalue weighted by Gasteiger charge is -2.34. The van der Waals surface area contributed by atoms with Gasteiger partial charge in [0, 0.05) is 44.6 Å². The number of pyridine rings is 1. The molecule has 2 N–H and O–H groups in total. The van der Waals surface area contributed by atoms with E-state index in [-0.39, 0.29) is 17.1 Å². The maximum atomic E-state index is 12.5. The summed E-state index contributed by atoms with van der Waals surface area (Å²) in [7, 11) is 1.85. The third-order valence-electron chi connectivity index (χ3n) is 4.32. The number of imidazole rings is 1. The first-order chi connectivity index (χ1) is 11.6. The van der Waals surface area contributed by atoms with Gasteiger partial charge in [-0.25, -0.2) is 14.8 Å². The van der Waals surface area contributed by atoms with Gasteiger partial charge in [0.05, 0.1) is 5.69 Å². The lowest BCUT2D eigenvalue weighted by atomic mass is 9.92. The van der Waals surface area contributed by atoms with Crippen molar-refractivity contribution in [3.05, 3.63) is 41.7 Å². The first-order valence-electron chi connectivity index (χ1n) is 7.88. The number of hydrogen-bond acceptors (Lipinski definition) is 4. The van der Waals surface area contributed by atoms with Crippen LogP contribution in [0.25, 0.3) is 0 Å². The summed E-state index contributed by atoms with van der Waals surface area (Å²) in [4.78, 5) is 22.3. The average molecular weight is 350 g/mol.